The number of hydrogen-bond donors (Lipinski definition) is 1. The second kappa shape index (κ2) is 8.60. The molecule has 0 saturated heterocycles. The number of nitro benzene ring substituents is 1. The topological polar surface area (TPSA) is 64.4 Å². The zero-order chi connectivity index (χ0) is 15.0. The molecule has 0 aliphatic heterocycles. The molecule has 0 saturated carbocycles. The summed E-state index contributed by atoms with van der Waals surface area (Å²) in [4.78, 5) is 9.90. The van der Waals surface area contributed by atoms with Gasteiger partial charge in [0.1, 0.15) is 0 Å². The van der Waals surface area contributed by atoms with E-state index in [2.05, 4.69) is 5.32 Å². The monoisotopic (exact) mass is 284 g/mol. The minimum Gasteiger partial charge on any atom is -0.379 e. The molecular formula is C14H21FN2O3. The summed E-state index contributed by atoms with van der Waals surface area (Å²) in [6.45, 7) is 5.71. The molecule has 1 aromatic rings. The summed E-state index contributed by atoms with van der Waals surface area (Å²) >= 11 is 0. The molecule has 6 heteroatoms. The van der Waals surface area contributed by atoms with Crippen molar-refractivity contribution in [2.24, 2.45) is 0 Å². The van der Waals surface area contributed by atoms with Gasteiger partial charge in [0.25, 0.3) is 0 Å². The molecule has 0 bridgehead atoms. The van der Waals surface area contributed by atoms with E-state index in [1.807, 2.05) is 13.8 Å². The summed E-state index contributed by atoms with van der Waals surface area (Å²) < 4.78 is 19.1. The van der Waals surface area contributed by atoms with Gasteiger partial charge in [-0.15, -0.1) is 0 Å². The fourth-order valence-corrected chi connectivity index (χ4v) is 1.74. The van der Waals surface area contributed by atoms with Crippen molar-refractivity contribution in [3.05, 3.63) is 39.7 Å². The lowest BCUT2D eigenvalue weighted by Crippen LogP contribution is -2.16. The van der Waals surface area contributed by atoms with Crippen LogP contribution in [-0.4, -0.2) is 24.2 Å². The molecular weight excluding hydrogens is 263 g/mol. The Hall–Kier alpha value is -1.53. The van der Waals surface area contributed by atoms with Crippen molar-refractivity contribution >= 4 is 5.69 Å². The second-order valence-corrected chi connectivity index (χ2v) is 4.81. The maximum Gasteiger partial charge on any atom is 0.305 e. The van der Waals surface area contributed by atoms with Gasteiger partial charge < -0.3 is 10.1 Å². The van der Waals surface area contributed by atoms with Gasteiger partial charge >= 0.3 is 5.69 Å². The summed E-state index contributed by atoms with van der Waals surface area (Å²) in [6.07, 6.45) is 2.09. The Morgan fingerprint density at radius 1 is 1.40 bits per heavy atom. The van der Waals surface area contributed by atoms with Crippen LogP contribution in [0, 0.1) is 15.9 Å². The molecule has 5 nitrogen and oxygen atoms in total. The molecule has 0 radical (unpaired) electrons. The van der Waals surface area contributed by atoms with Crippen molar-refractivity contribution in [2.75, 3.05) is 13.2 Å². The third kappa shape index (κ3) is 5.63. The van der Waals surface area contributed by atoms with Crippen molar-refractivity contribution in [3.63, 3.8) is 0 Å². The Kier molecular flexibility index (Phi) is 7.11. The average Bonchev–Trinajstić information content (AvgIpc) is 2.38. The number of benzene rings is 1. The normalized spacial score (nSPS) is 11.0. The van der Waals surface area contributed by atoms with E-state index in [-0.39, 0.29) is 6.10 Å². The van der Waals surface area contributed by atoms with Gasteiger partial charge in [0.2, 0.25) is 5.82 Å². The van der Waals surface area contributed by atoms with Crippen LogP contribution in [0.3, 0.4) is 0 Å². The number of halogens is 1. The van der Waals surface area contributed by atoms with Crippen LogP contribution in [0.1, 0.15) is 32.3 Å². The van der Waals surface area contributed by atoms with Gasteiger partial charge in [0, 0.05) is 24.8 Å². The van der Waals surface area contributed by atoms with E-state index in [0.717, 1.165) is 19.4 Å². The Morgan fingerprint density at radius 3 is 2.80 bits per heavy atom. The zero-order valence-corrected chi connectivity index (χ0v) is 11.9. The summed E-state index contributed by atoms with van der Waals surface area (Å²) in [7, 11) is 0. The molecule has 0 aliphatic rings. The highest BCUT2D eigenvalue weighted by Gasteiger charge is 2.16. The van der Waals surface area contributed by atoms with E-state index < -0.39 is 16.4 Å². The van der Waals surface area contributed by atoms with Crippen LogP contribution in [-0.2, 0) is 11.3 Å². The third-order valence-electron chi connectivity index (χ3n) is 2.77. The smallest absolute Gasteiger partial charge is 0.305 e. The predicted octanol–water partition coefficient (Wildman–Crippen LogP) is 3.03. The SMILES string of the molecule is CC(C)OCCCCNCc1cccc([N+](=O)[O-])c1F. The minimum atomic E-state index is -0.756. The van der Waals surface area contributed by atoms with E-state index in [1.54, 1.807) is 6.07 Å². The number of nitrogens with one attached hydrogen (secondary N) is 1. The van der Waals surface area contributed by atoms with E-state index in [0.29, 0.717) is 18.7 Å². The molecule has 1 N–H and O–H groups in total. The van der Waals surface area contributed by atoms with Crippen LogP contribution in [0.4, 0.5) is 10.1 Å². The lowest BCUT2D eigenvalue weighted by molar-refractivity contribution is -0.387. The molecule has 0 amide bonds. The minimum absolute atomic E-state index is 0.238. The molecule has 0 heterocycles. The van der Waals surface area contributed by atoms with Crippen LogP contribution < -0.4 is 5.32 Å². The summed E-state index contributed by atoms with van der Waals surface area (Å²) in [5.74, 6) is -0.756. The molecule has 0 aromatic heterocycles. The molecule has 0 spiro atoms. The molecule has 0 aliphatic carbocycles. The van der Waals surface area contributed by atoms with Gasteiger partial charge in [0.15, 0.2) is 0 Å². The van der Waals surface area contributed by atoms with Gasteiger partial charge in [-0.2, -0.15) is 4.39 Å². The van der Waals surface area contributed by atoms with Gasteiger partial charge in [-0.1, -0.05) is 12.1 Å². The largest absolute Gasteiger partial charge is 0.379 e. The second-order valence-electron chi connectivity index (χ2n) is 4.81. The highest BCUT2D eigenvalue weighted by molar-refractivity contribution is 5.36. The van der Waals surface area contributed by atoms with E-state index in [1.165, 1.54) is 12.1 Å². The summed E-state index contributed by atoms with van der Waals surface area (Å²) in [5, 5.41) is 13.7. The maximum absolute atomic E-state index is 13.7. The number of ether oxygens (including phenoxy) is 1. The quantitative estimate of drug-likeness (QED) is 0.430. The number of rotatable bonds is 9. The van der Waals surface area contributed by atoms with Gasteiger partial charge in [0.05, 0.1) is 11.0 Å². The molecule has 20 heavy (non-hydrogen) atoms. The van der Waals surface area contributed by atoms with Gasteiger partial charge in [-0.25, -0.2) is 0 Å². The highest BCUT2D eigenvalue weighted by Crippen LogP contribution is 2.19. The molecule has 112 valence electrons. The van der Waals surface area contributed by atoms with Crippen molar-refractivity contribution < 1.29 is 14.1 Å². The first kappa shape index (κ1) is 16.5. The van der Waals surface area contributed by atoms with Gasteiger partial charge in [-0.3, -0.25) is 10.1 Å². The van der Waals surface area contributed by atoms with Crippen molar-refractivity contribution in [3.8, 4) is 0 Å². The van der Waals surface area contributed by atoms with E-state index in [4.69, 9.17) is 4.74 Å². The molecule has 1 aromatic carbocycles. The fraction of sp³-hybridized carbons (Fsp3) is 0.571. The molecule has 0 fully saturated rings. The Morgan fingerprint density at radius 2 is 2.15 bits per heavy atom. The van der Waals surface area contributed by atoms with E-state index in [9.17, 15) is 14.5 Å². The number of unbranched alkanes of at least 4 members (excludes halogenated alkanes) is 1. The first-order valence-corrected chi connectivity index (χ1v) is 6.76. The third-order valence-corrected chi connectivity index (χ3v) is 2.77. The Labute approximate surface area is 118 Å². The number of hydrogen-bond acceptors (Lipinski definition) is 4. The standard InChI is InChI=1S/C14H21FN2O3/c1-11(2)20-9-4-3-8-16-10-12-6-5-7-13(14(12)15)17(18)19/h5-7,11,16H,3-4,8-10H2,1-2H3. The highest BCUT2D eigenvalue weighted by atomic mass is 19.1. The predicted molar refractivity (Wildman–Crippen MR) is 75.1 cm³/mol. The Bertz CT molecular complexity index is 438. The Balaban J connectivity index is 2.29. The first-order valence-electron chi connectivity index (χ1n) is 6.76. The van der Waals surface area contributed by atoms with Crippen LogP contribution >= 0.6 is 0 Å². The average molecular weight is 284 g/mol. The summed E-state index contributed by atoms with van der Waals surface area (Å²) in [5.41, 5.74) is -0.160. The van der Waals surface area contributed by atoms with Crippen LogP contribution in [0.5, 0.6) is 0 Å². The van der Waals surface area contributed by atoms with Crippen LogP contribution in [0.25, 0.3) is 0 Å². The molecule has 1 rings (SSSR count). The van der Waals surface area contributed by atoms with E-state index >= 15 is 0 Å². The lowest BCUT2D eigenvalue weighted by Gasteiger charge is -2.08. The lowest BCUT2D eigenvalue weighted by atomic mass is 10.2. The van der Waals surface area contributed by atoms with Crippen LogP contribution in [0.2, 0.25) is 0 Å². The number of nitrogens with zero attached hydrogens (tertiary/aromatic N) is 1. The van der Waals surface area contributed by atoms with Gasteiger partial charge in [-0.05, 0) is 33.2 Å². The zero-order valence-electron chi connectivity index (χ0n) is 11.9. The number of nitro groups is 1. The van der Waals surface area contributed by atoms with Crippen LogP contribution in [0.15, 0.2) is 18.2 Å². The fourth-order valence-electron chi connectivity index (χ4n) is 1.74. The maximum atomic E-state index is 13.7. The van der Waals surface area contributed by atoms with Crippen molar-refractivity contribution in [2.45, 2.75) is 39.3 Å². The van der Waals surface area contributed by atoms with Crippen molar-refractivity contribution in [1.82, 2.24) is 5.32 Å². The molecule has 0 unspecified atom stereocenters. The molecule has 0 atom stereocenters. The first-order chi connectivity index (χ1) is 9.52. The summed E-state index contributed by atoms with van der Waals surface area (Å²) in [6, 6.07) is 4.22. The van der Waals surface area contributed by atoms with Crippen molar-refractivity contribution in [1.29, 1.82) is 0 Å².